The van der Waals surface area contributed by atoms with Crippen LogP contribution >= 0.6 is 0 Å². The maximum absolute atomic E-state index is 2.38. The van der Waals surface area contributed by atoms with Crippen molar-refractivity contribution in [1.82, 2.24) is 0 Å². The van der Waals surface area contributed by atoms with Crippen molar-refractivity contribution in [2.45, 2.75) is 40.0 Å². The predicted octanol–water partition coefficient (Wildman–Crippen LogP) is 18.4. The lowest BCUT2D eigenvalue weighted by Gasteiger charge is -2.28. The molecule has 326 valence electrons. The maximum Gasteiger partial charge on any atom is 0.0462 e. The lowest BCUT2D eigenvalue weighted by atomic mass is 9.77. The Morgan fingerprint density at radius 3 is 1.64 bits per heavy atom. The fourth-order valence-corrected chi connectivity index (χ4v) is 10.0. The topological polar surface area (TPSA) is 3.24 Å². The lowest BCUT2D eigenvalue weighted by molar-refractivity contribution is 0.592. The van der Waals surface area contributed by atoms with Crippen LogP contribution in [-0.4, -0.2) is 0 Å². The molecular formula is C66H57N. The first-order valence-electron chi connectivity index (χ1n) is 23.7. The van der Waals surface area contributed by atoms with Gasteiger partial charge < -0.3 is 4.90 Å². The smallest absolute Gasteiger partial charge is 0.0462 e. The summed E-state index contributed by atoms with van der Waals surface area (Å²) in [6, 6.07) is 69.4. The number of aryl methyl sites for hydroxylation is 1. The Bertz CT molecular complexity index is 3200. The molecular weight excluding hydrogens is 807 g/mol. The van der Waals surface area contributed by atoms with Gasteiger partial charge in [-0.25, -0.2) is 0 Å². The second-order valence-corrected chi connectivity index (χ2v) is 18.9. The number of hydrogen-bond donors (Lipinski definition) is 0. The summed E-state index contributed by atoms with van der Waals surface area (Å²) in [6.45, 7) is 11.2. The van der Waals surface area contributed by atoms with Gasteiger partial charge in [-0.3, -0.25) is 0 Å². The maximum atomic E-state index is 2.38. The standard InChI is InChI=1S/C66H57N/c1-6-17-63-60(28-16-29-64(63)58-25-12-10-18-46(58)2)50-32-39-56(40-33-50)67(57-41-34-51(35-42-57)62-43-36-53(45-65(62)66(3,4)5)47-19-8-7-9-20-47)55-37-30-48(31-38-55)52-23-14-24-54(44-52)61-27-15-22-49-21-11-13-26-59(49)61/h6-45,49,59H,1-5H3/b17-6+. The van der Waals surface area contributed by atoms with E-state index in [4.69, 9.17) is 0 Å². The summed E-state index contributed by atoms with van der Waals surface area (Å²) >= 11 is 0. The van der Waals surface area contributed by atoms with E-state index in [0.29, 0.717) is 11.8 Å². The predicted molar refractivity (Wildman–Crippen MR) is 289 cm³/mol. The van der Waals surface area contributed by atoms with Gasteiger partial charge in [0.05, 0.1) is 0 Å². The van der Waals surface area contributed by atoms with E-state index in [1.807, 2.05) is 0 Å². The Kier molecular flexibility index (Phi) is 12.0. The Morgan fingerprint density at radius 1 is 0.433 bits per heavy atom. The molecule has 0 heterocycles. The summed E-state index contributed by atoms with van der Waals surface area (Å²) in [5, 5.41) is 0. The molecule has 1 nitrogen and oxygen atoms in total. The normalized spacial score (nSPS) is 15.4. The molecule has 0 aromatic heterocycles. The number of fused-ring (bicyclic) bond motifs is 1. The van der Waals surface area contributed by atoms with Gasteiger partial charge in [-0.2, -0.15) is 0 Å². The minimum Gasteiger partial charge on any atom is -0.311 e. The zero-order chi connectivity index (χ0) is 45.9. The van der Waals surface area contributed by atoms with Crippen molar-refractivity contribution in [3.8, 4) is 55.6 Å². The molecule has 0 saturated carbocycles. The van der Waals surface area contributed by atoms with E-state index >= 15 is 0 Å². The van der Waals surface area contributed by atoms with Gasteiger partial charge in [-0.05, 0) is 145 Å². The molecule has 2 aliphatic rings. The minimum absolute atomic E-state index is 0.0445. The molecule has 1 heteroatoms. The van der Waals surface area contributed by atoms with E-state index in [2.05, 4.69) is 282 Å². The monoisotopic (exact) mass is 863 g/mol. The van der Waals surface area contributed by atoms with Crippen LogP contribution < -0.4 is 4.90 Å². The lowest BCUT2D eigenvalue weighted by Crippen LogP contribution is -2.14. The molecule has 0 fully saturated rings. The summed E-state index contributed by atoms with van der Waals surface area (Å²) < 4.78 is 0. The third kappa shape index (κ3) is 8.86. The van der Waals surface area contributed by atoms with E-state index in [0.717, 1.165) is 17.1 Å². The Hall–Kier alpha value is -7.74. The molecule has 0 radical (unpaired) electrons. The molecule has 0 saturated heterocycles. The van der Waals surface area contributed by atoms with Crippen molar-refractivity contribution < 1.29 is 0 Å². The quantitative estimate of drug-likeness (QED) is 0.132. The highest BCUT2D eigenvalue weighted by Crippen LogP contribution is 2.43. The van der Waals surface area contributed by atoms with Crippen molar-refractivity contribution >= 4 is 28.7 Å². The highest BCUT2D eigenvalue weighted by Gasteiger charge is 2.24. The first kappa shape index (κ1) is 43.2. The molecule has 2 unspecified atom stereocenters. The molecule has 10 rings (SSSR count). The highest BCUT2D eigenvalue weighted by atomic mass is 15.1. The van der Waals surface area contributed by atoms with Gasteiger partial charge in [-0.1, -0.05) is 221 Å². The Balaban J connectivity index is 1.03. The molecule has 67 heavy (non-hydrogen) atoms. The number of benzene rings is 8. The van der Waals surface area contributed by atoms with Gasteiger partial charge in [0.1, 0.15) is 0 Å². The fraction of sp³-hybridized carbons (Fsp3) is 0.121. The van der Waals surface area contributed by atoms with Crippen LogP contribution in [0.2, 0.25) is 0 Å². The van der Waals surface area contributed by atoms with Crippen molar-refractivity contribution in [3.05, 3.63) is 259 Å². The molecule has 0 spiro atoms. The van der Waals surface area contributed by atoms with Crippen LogP contribution in [0.1, 0.15) is 49.9 Å². The summed E-state index contributed by atoms with van der Waals surface area (Å²) in [5.74, 6) is 0.765. The summed E-state index contributed by atoms with van der Waals surface area (Å²) in [6.07, 6.45) is 20.2. The number of hydrogen-bond acceptors (Lipinski definition) is 1. The number of nitrogens with zero attached hydrogens (tertiary/aromatic N) is 1. The van der Waals surface area contributed by atoms with Crippen LogP contribution in [0.15, 0.2) is 237 Å². The molecule has 0 amide bonds. The molecule has 8 aromatic rings. The van der Waals surface area contributed by atoms with Gasteiger partial charge in [0, 0.05) is 28.9 Å². The molecule has 0 bridgehead atoms. The number of rotatable bonds is 10. The van der Waals surface area contributed by atoms with Crippen LogP contribution in [-0.2, 0) is 5.41 Å². The Morgan fingerprint density at radius 2 is 0.955 bits per heavy atom. The van der Waals surface area contributed by atoms with Crippen LogP contribution in [0.3, 0.4) is 0 Å². The minimum atomic E-state index is -0.0445. The van der Waals surface area contributed by atoms with E-state index in [1.54, 1.807) is 0 Å². The van der Waals surface area contributed by atoms with E-state index in [1.165, 1.54) is 83.5 Å². The van der Waals surface area contributed by atoms with Gasteiger partial charge >= 0.3 is 0 Å². The van der Waals surface area contributed by atoms with Crippen LogP contribution in [0.25, 0.3) is 67.3 Å². The zero-order valence-corrected chi connectivity index (χ0v) is 39.2. The highest BCUT2D eigenvalue weighted by molar-refractivity contribution is 5.89. The molecule has 0 N–H and O–H groups in total. The first-order valence-corrected chi connectivity index (χ1v) is 23.7. The van der Waals surface area contributed by atoms with E-state index in [9.17, 15) is 0 Å². The number of allylic oxidation sites excluding steroid dienone is 9. The molecule has 2 atom stereocenters. The van der Waals surface area contributed by atoms with Crippen LogP contribution in [0.4, 0.5) is 17.1 Å². The van der Waals surface area contributed by atoms with Crippen LogP contribution in [0, 0.1) is 18.8 Å². The Labute approximate surface area is 398 Å². The first-order chi connectivity index (χ1) is 32.7. The average Bonchev–Trinajstić information content (AvgIpc) is 3.37. The van der Waals surface area contributed by atoms with Gasteiger partial charge in [-0.15, -0.1) is 0 Å². The SMILES string of the molecule is C/C=C/c1c(-c2ccc(N(c3ccc(-c4cccc(C5=CC=CC6C=CC=CC56)c4)cc3)c3ccc(-c4ccc(-c5ccccc5)cc4C(C)(C)C)cc3)cc2)cccc1-c1ccccc1C. The van der Waals surface area contributed by atoms with Crippen molar-refractivity contribution in [1.29, 1.82) is 0 Å². The van der Waals surface area contributed by atoms with Gasteiger partial charge in [0.25, 0.3) is 0 Å². The van der Waals surface area contributed by atoms with Gasteiger partial charge in [0.2, 0.25) is 0 Å². The summed E-state index contributed by atoms with van der Waals surface area (Å²) in [7, 11) is 0. The van der Waals surface area contributed by atoms with E-state index < -0.39 is 0 Å². The molecule has 0 aliphatic heterocycles. The zero-order valence-electron chi connectivity index (χ0n) is 39.2. The third-order valence-corrected chi connectivity index (χ3v) is 13.5. The second kappa shape index (κ2) is 18.6. The third-order valence-electron chi connectivity index (χ3n) is 13.5. The largest absolute Gasteiger partial charge is 0.311 e. The fourth-order valence-electron chi connectivity index (χ4n) is 10.0. The molecule has 2 aliphatic carbocycles. The van der Waals surface area contributed by atoms with Crippen molar-refractivity contribution in [2.75, 3.05) is 4.90 Å². The van der Waals surface area contributed by atoms with Crippen LogP contribution in [0.5, 0.6) is 0 Å². The van der Waals surface area contributed by atoms with Crippen molar-refractivity contribution in [2.24, 2.45) is 11.8 Å². The average molecular weight is 864 g/mol. The summed E-state index contributed by atoms with van der Waals surface area (Å²) in [4.78, 5) is 2.38. The van der Waals surface area contributed by atoms with E-state index in [-0.39, 0.29) is 5.41 Å². The summed E-state index contributed by atoms with van der Waals surface area (Å²) in [5.41, 5.74) is 22.0. The second-order valence-electron chi connectivity index (χ2n) is 18.9. The van der Waals surface area contributed by atoms with Crippen molar-refractivity contribution in [3.63, 3.8) is 0 Å². The van der Waals surface area contributed by atoms with Gasteiger partial charge in [0.15, 0.2) is 0 Å². The number of anilines is 3. The molecule has 8 aromatic carbocycles.